The average Bonchev–Trinajstić information content (AvgIpc) is 2.87. The summed E-state index contributed by atoms with van der Waals surface area (Å²) in [5.74, 6) is -1.05. The van der Waals surface area contributed by atoms with E-state index in [-0.39, 0.29) is 52.4 Å². The van der Waals surface area contributed by atoms with E-state index in [4.69, 9.17) is 9.84 Å². The number of carbonyl (C=O) groups excluding carboxylic acids is 1. The molecule has 0 spiro atoms. The quantitative estimate of drug-likeness (QED) is 0.385. The molecule has 1 saturated heterocycles. The van der Waals surface area contributed by atoms with E-state index in [2.05, 4.69) is 20.6 Å². The summed E-state index contributed by atoms with van der Waals surface area (Å²) in [6.07, 6.45) is 1.01. The zero-order valence-electron chi connectivity index (χ0n) is 20.7. The van der Waals surface area contributed by atoms with Gasteiger partial charge in [0, 0.05) is 36.7 Å². The van der Waals surface area contributed by atoms with Crippen LogP contribution in [0.15, 0.2) is 47.4 Å². The molecule has 202 valence electrons. The molecule has 3 aromatic rings. The number of carbonyl (C=O) groups is 1. The predicted molar refractivity (Wildman–Crippen MR) is 138 cm³/mol. The molecule has 2 amide bonds. The summed E-state index contributed by atoms with van der Waals surface area (Å²) in [4.78, 5) is 22.6. The Morgan fingerprint density at radius 2 is 1.95 bits per heavy atom. The largest absolute Gasteiger partial charge is 0.395 e. The van der Waals surface area contributed by atoms with Crippen LogP contribution in [0.1, 0.15) is 6.92 Å². The standard InChI is InChI=1S/C25H27F2N5O5S/c1-15-14-37-10-8-32(15)23-13-21(19-11-16(26)3-6-22(19)38(2,35)36)30-24(31-23)18-5-4-17(12-20(18)27)29-25(34)28-7-9-33/h3-6,11-13,15,33H,7-10,14H2,1-2H3,(H2,28,29,34). The minimum atomic E-state index is -3.75. The molecular formula is C25H27F2N5O5S. The molecule has 1 unspecified atom stereocenters. The number of morpholine rings is 1. The molecule has 2 aromatic carbocycles. The van der Waals surface area contributed by atoms with E-state index in [0.717, 1.165) is 24.5 Å². The van der Waals surface area contributed by atoms with E-state index < -0.39 is 27.5 Å². The van der Waals surface area contributed by atoms with Gasteiger partial charge in [-0.2, -0.15) is 0 Å². The zero-order valence-corrected chi connectivity index (χ0v) is 21.6. The van der Waals surface area contributed by atoms with Gasteiger partial charge in [0.15, 0.2) is 15.7 Å². The van der Waals surface area contributed by atoms with Crippen LogP contribution in [-0.2, 0) is 14.6 Å². The van der Waals surface area contributed by atoms with Gasteiger partial charge < -0.3 is 25.4 Å². The predicted octanol–water partition coefficient (Wildman–Crippen LogP) is 2.83. The number of hydrogen-bond donors (Lipinski definition) is 3. The molecule has 1 atom stereocenters. The first-order valence-electron chi connectivity index (χ1n) is 11.8. The molecule has 4 rings (SSSR count). The highest BCUT2D eigenvalue weighted by molar-refractivity contribution is 7.90. The fourth-order valence-electron chi connectivity index (χ4n) is 4.05. The van der Waals surface area contributed by atoms with E-state index in [1.165, 1.54) is 18.2 Å². The topological polar surface area (TPSA) is 134 Å². The zero-order chi connectivity index (χ0) is 27.4. The van der Waals surface area contributed by atoms with Crippen LogP contribution in [-0.4, -0.2) is 74.7 Å². The van der Waals surface area contributed by atoms with Gasteiger partial charge in [0.2, 0.25) is 0 Å². The van der Waals surface area contributed by atoms with Crippen molar-refractivity contribution >= 4 is 27.4 Å². The summed E-state index contributed by atoms with van der Waals surface area (Å²) in [5, 5.41) is 13.7. The molecular weight excluding hydrogens is 520 g/mol. The number of halogens is 2. The van der Waals surface area contributed by atoms with Crippen molar-refractivity contribution in [3.8, 4) is 22.6 Å². The maximum atomic E-state index is 15.3. The van der Waals surface area contributed by atoms with Gasteiger partial charge in [-0.25, -0.2) is 32.0 Å². The third kappa shape index (κ3) is 6.23. The van der Waals surface area contributed by atoms with Crippen LogP contribution >= 0.6 is 0 Å². The molecule has 10 nitrogen and oxygen atoms in total. The number of sulfone groups is 1. The number of aromatic nitrogens is 2. The Morgan fingerprint density at radius 3 is 2.63 bits per heavy atom. The number of aliphatic hydroxyl groups is 1. The van der Waals surface area contributed by atoms with E-state index in [1.807, 2.05) is 11.8 Å². The summed E-state index contributed by atoms with van der Waals surface area (Å²) >= 11 is 0. The lowest BCUT2D eigenvalue weighted by atomic mass is 10.1. The second-order valence-electron chi connectivity index (χ2n) is 8.76. The third-order valence-electron chi connectivity index (χ3n) is 5.86. The number of nitrogens with zero attached hydrogens (tertiary/aromatic N) is 3. The van der Waals surface area contributed by atoms with E-state index in [1.54, 1.807) is 6.07 Å². The molecule has 3 N–H and O–H groups in total. The van der Waals surface area contributed by atoms with Crippen LogP contribution < -0.4 is 15.5 Å². The van der Waals surface area contributed by atoms with Gasteiger partial charge in [0.05, 0.1) is 42.0 Å². The Kier molecular flexibility index (Phi) is 8.19. The van der Waals surface area contributed by atoms with Crippen molar-refractivity contribution in [2.75, 3.05) is 49.4 Å². The molecule has 0 radical (unpaired) electrons. The number of urea groups is 1. The maximum absolute atomic E-state index is 15.3. The van der Waals surface area contributed by atoms with E-state index in [9.17, 15) is 17.6 Å². The highest BCUT2D eigenvalue weighted by Gasteiger charge is 2.25. The van der Waals surface area contributed by atoms with Crippen molar-refractivity contribution in [3.05, 3.63) is 54.1 Å². The number of nitrogens with one attached hydrogen (secondary N) is 2. The fraction of sp³-hybridized carbons (Fsp3) is 0.320. The van der Waals surface area contributed by atoms with Crippen molar-refractivity contribution in [2.45, 2.75) is 17.9 Å². The number of rotatable bonds is 7. The minimum absolute atomic E-state index is 0.00682. The number of amides is 2. The van der Waals surface area contributed by atoms with Gasteiger partial charge in [-0.3, -0.25) is 0 Å². The Balaban J connectivity index is 1.83. The second kappa shape index (κ2) is 11.4. The fourth-order valence-corrected chi connectivity index (χ4v) is 4.93. The van der Waals surface area contributed by atoms with Crippen LogP contribution in [0.5, 0.6) is 0 Å². The van der Waals surface area contributed by atoms with Gasteiger partial charge in [-0.1, -0.05) is 0 Å². The molecule has 1 aliphatic rings. The first-order valence-corrected chi connectivity index (χ1v) is 13.6. The van der Waals surface area contributed by atoms with E-state index in [0.29, 0.717) is 25.6 Å². The third-order valence-corrected chi connectivity index (χ3v) is 7.01. The number of ether oxygens (including phenoxy) is 1. The summed E-state index contributed by atoms with van der Waals surface area (Å²) < 4.78 is 60.0. The normalized spacial score (nSPS) is 15.8. The van der Waals surface area contributed by atoms with Crippen molar-refractivity contribution < 1.29 is 31.8 Å². The van der Waals surface area contributed by atoms with Crippen molar-refractivity contribution in [2.24, 2.45) is 0 Å². The number of benzene rings is 2. The molecule has 0 saturated carbocycles. The van der Waals surface area contributed by atoms with Crippen LogP contribution in [0.3, 0.4) is 0 Å². The number of aliphatic hydroxyl groups excluding tert-OH is 1. The highest BCUT2D eigenvalue weighted by Crippen LogP contribution is 2.33. The lowest BCUT2D eigenvalue weighted by Crippen LogP contribution is -2.44. The first kappa shape index (κ1) is 27.4. The Morgan fingerprint density at radius 1 is 1.16 bits per heavy atom. The maximum Gasteiger partial charge on any atom is 0.319 e. The van der Waals surface area contributed by atoms with Gasteiger partial charge in [0.25, 0.3) is 0 Å². The van der Waals surface area contributed by atoms with Gasteiger partial charge >= 0.3 is 6.03 Å². The van der Waals surface area contributed by atoms with Crippen molar-refractivity contribution in [1.82, 2.24) is 15.3 Å². The Labute approximate surface area is 218 Å². The van der Waals surface area contributed by atoms with E-state index >= 15 is 4.39 Å². The smallest absolute Gasteiger partial charge is 0.319 e. The van der Waals surface area contributed by atoms with Crippen LogP contribution in [0.25, 0.3) is 22.6 Å². The lowest BCUT2D eigenvalue weighted by Gasteiger charge is -2.34. The van der Waals surface area contributed by atoms with Gasteiger partial charge in [0.1, 0.15) is 17.5 Å². The summed E-state index contributed by atoms with van der Waals surface area (Å²) in [6, 6.07) is 8.06. The summed E-state index contributed by atoms with van der Waals surface area (Å²) in [5.41, 5.74) is 0.281. The first-order chi connectivity index (χ1) is 18.1. The molecule has 1 fully saturated rings. The highest BCUT2D eigenvalue weighted by atomic mass is 32.2. The SMILES string of the molecule is CC1COCCN1c1cc(-c2cc(F)ccc2S(C)(=O)=O)nc(-c2ccc(NC(=O)NCCO)cc2F)n1. The van der Waals surface area contributed by atoms with Crippen LogP contribution in [0.2, 0.25) is 0 Å². The monoisotopic (exact) mass is 547 g/mol. The second-order valence-corrected chi connectivity index (χ2v) is 10.7. The Hall–Kier alpha value is -3.68. The summed E-state index contributed by atoms with van der Waals surface area (Å²) in [7, 11) is -3.75. The van der Waals surface area contributed by atoms with Crippen LogP contribution in [0, 0.1) is 11.6 Å². The van der Waals surface area contributed by atoms with Gasteiger partial charge in [-0.15, -0.1) is 0 Å². The molecule has 1 aromatic heterocycles. The summed E-state index contributed by atoms with van der Waals surface area (Å²) in [6.45, 7) is 3.05. The Bertz CT molecular complexity index is 1450. The number of anilines is 2. The molecule has 1 aliphatic heterocycles. The molecule has 13 heteroatoms. The molecule has 0 bridgehead atoms. The minimum Gasteiger partial charge on any atom is -0.395 e. The van der Waals surface area contributed by atoms with Crippen LogP contribution in [0.4, 0.5) is 25.1 Å². The lowest BCUT2D eigenvalue weighted by molar-refractivity contribution is 0.0985. The molecule has 2 heterocycles. The van der Waals surface area contributed by atoms with Crippen molar-refractivity contribution in [1.29, 1.82) is 0 Å². The molecule has 38 heavy (non-hydrogen) atoms. The number of hydrogen-bond acceptors (Lipinski definition) is 8. The molecule has 0 aliphatic carbocycles. The van der Waals surface area contributed by atoms with Crippen molar-refractivity contribution in [3.63, 3.8) is 0 Å². The van der Waals surface area contributed by atoms with Gasteiger partial charge in [-0.05, 0) is 43.3 Å². The average molecular weight is 548 g/mol.